The maximum absolute atomic E-state index is 12.4. The van der Waals surface area contributed by atoms with Crippen molar-refractivity contribution in [2.75, 3.05) is 27.2 Å². The molecule has 158 valence electrons. The predicted molar refractivity (Wildman–Crippen MR) is 113 cm³/mol. The molecule has 1 amide bonds. The second-order valence-corrected chi connectivity index (χ2v) is 8.52. The van der Waals surface area contributed by atoms with Crippen LogP contribution in [0.15, 0.2) is 53.4 Å². The molecule has 0 bridgehead atoms. The Kier molecular flexibility index (Phi) is 8.33. The van der Waals surface area contributed by atoms with Gasteiger partial charge in [0.25, 0.3) is 15.9 Å². The number of carbonyl (C=O) groups is 1. The van der Waals surface area contributed by atoms with Crippen molar-refractivity contribution < 1.29 is 18.0 Å². The molecule has 0 aliphatic rings. The lowest BCUT2D eigenvalue weighted by Gasteiger charge is -2.18. The summed E-state index contributed by atoms with van der Waals surface area (Å²) in [5.74, 6) is -0.263. The highest BCUT2D eigenvalue weighted by molar-refractivity contribution is 7.89. The van der Waals surface area contributed by atoms with Gasteiger partial charge in [-0.25, -0.2) is 8.42 Å². The third-order valence-electron chi connectivity index (χ3n) is 4.79. The summed E-state index contributed by atoms with van der Waals surface area (Å²) in [5.41, 5.74) is 2.63. The largest absolute Gasteiger partial charge is 0.348 e. The van der Waals surface area contributed by atoms with Gasteiger partial charge in [0.15, 0.2) is 0 Å². The van der Waals surface area contributed by atoms with Gasteiger partial charge >= 0.3 is 0 Å². The summed E-state index contributed by atoms with van der Waals surface area (Å²) < 4.78 is 25.1. The Morgan fingerprint density at radius 1 is 0.966 bits per heavy atom. The van der Waals surface area contributed by atoms with E-state index in [-0.39, 0.29) is 10.8 Å². The Morgan fingerprint density at radius 3 is 2.03 bits per heavy atom. The number of rotatable bonds is 10. The number of nitrogens with one attached hydrogen (secondary N) is 1. The molecule has 8 heteroatoms. The first-order valence-electron chi connectivity index (χ1n) is 9.53. The van der Waals surface area contributed by atoms with Gasteiger partial charge in [-0.05, 0) is 48.5 Å². The van der Waals surface area contributed by atoms with Crippen molar-refractivity contribution in [1.29, 1.82) is 0 Å². The number of hydrogen-bond donors (Lipinski definition) is 1. The Morgan fingerprint density at radius 2 is 1.52 bits per heavy atom. The zero-order valence-corrected chi connectivity index (χ0v) is 18.2. The smallest absolute Gasteiger partial charge is 0.264 e. The van der Waals surface area contributed by atoms with Gasteiger partial charge in [0.2, 0.25) is 0 Å². The monoisotopic (exact) mass is 419 g/mol. The molecule has 7 nitrogen and oxygen atoms in total. The molecule has 0 saturated heterocycles. The fraction of sp³-hybridized carbons (Fsp3) is 0.381. The zero-order chi connectivity index (χ0) is 21.4. The van der Waals surface area contributed by atoms with Crippen LogP contribution in [0.4, 0.5) is 0 Å². The van der Waals surface area contributed by atoms with Crippen molar-refractivity contribution in [3.05, 3.63) is 65.2 Å². The molecular weight excluding hydrogens is 390 g/mol. The molecule has 2 aromatic carbocycles. The van der Waals surface area contributed by atoms with Gasteiger partial charge in [-0.15, -0.1) is 0 Å². The summed E-state index contributed by atoms with van der Waals surface area (Å²) in [5, 5.41) is 2.86. The van der Waals surface area contributed by atoms with Gasteiger partial charge in [0.1, 0.15) is 0 Å². The summed E-state index contributed by atoms with van der Waals surface area (Å²) in [7, 11) is -1.15. The SMILES string of the molecule is CCN(CC)Cc1ccc(CNC(=O)c2ccc(S(=O)(=O)N(C)OC)cc2)cc1. The summed E-state index contributed by atoms with van der Waals surface area (Å²) in [6.07, 6.45) is 0. The Hall–Kier alpha value is -2.26. The molecule has 0 heterocycles. The van der Waals surface area contributed by atoms with Crippen molar-refractivity contribution in [1.82, 2.24) is 14.7 Å². The second kappa shape index (κ2) is 10.5. The van der Waals surface area contributed by atoms with Crippen molar-refractivity contribution in [2.24, 2.45) is 0 Å². The zero-order valence-electron chi connectivity index (χ0n) is 17.4. The van der Waals surface area contributed by atoms with E-state index in [1.807, 2.05) is 12.1 Å². The lowest BCUT2D eigenvalue weighted by Crippen LogP contribution is -2.26. The molecule has 0 saturated carbocycles. The molecule has 0 aliphatic heterocycles. The number of sulfonamides is 1. The summed E-state index contributed by atoms with van der Waals surface area (Å²) in [4.78, 5) is 19.5. The molecule has 0 aliphatic carbocycles. The van der Waals surface area contributed by atoms with E-state index in [0.717, 1.165) is 29.7 Å². The van der Waals surface area contributed by atoms with E-state index in [1.165, 1.54) is 44.0 Å². The number of benzene rings is 2. The van der Waals surface area contributed by atoms with E-state index in [2.05, 4.69) is 36.2 Å². The molecule has 2 aromatic rings. The highest BCUT2D eigenvalue weighted by Gasteiger charge is 2.20. The van der Waals surface area contributed by atoms with Crippen LogP contribution in [-0.4, -0.2) is 50.9 Å². The van der Waals surface area contributed by atoms with Gasteiger partial charge in [0, 0.05) is 25.7 Å². The standard InChI is InChI=1S/C21H29N3O4S/c1-5-24(6-2)16-18-9-7-17(8-10-18)15-22-21(25)19-11-13-20(14-12-19)29(26,27)23(3)28-4/h7-14H,5-6,15-16H2,1-4H3,(H,22,25). The highest BCUT2D eigenvalue weighted by Crippen LogP contribution is 2.15. The van der Waals surface area contributed by atoms with Crippen LogP contribution in [0.25, 0.3) is 0 Å². The highest BCUT2D eigenvalue weighted by atomic mass is 32.2. The van der Waals surface area contributed by atoms with E-state index in [9.17, 15) is 13.2 Å². The lowest BCUT2D eigenvalue weighted by atomic mass is 10.1. The van der Waals surface area contributed by atoms with Crippen LogP contribution in [-0.2, 0) is 28.0 Å². The first-order chi connectivity index (χ1) is 13.8. The van der Waals surface area contributed by atoms with Crippen molar-refractivity contribution in [3.63, 3.8) is 0 Å². The Balaban J connectivity index is 1.95. The minimum atomic E-state index is -3.73. The third kappa shape index (κ3) is 6.11. The fourth-order valence-electron chi connectivity index (χ4n) is 2.78. The lowest BCUT2D eigenvalue weighted by molar-refractivity contribution is -0.0258. The van der Waals surface area contributed by atoms with E-state index in [0.29, 0.717) is 12.1 Å². The van der Waals surface area contributed by atoms with Crippen LogP contribution in [0.5, 0.6) is 0 Å². The first-order valence-corrected chi connectivity index (χ1v) is 11.0. The maximum Gasteiger partial charge on any atom is 0.264 e. The van der Waals surface area contributed by atoms with Gasteiger partial charge in [0.05, 0.1) is 12.0 Å². The van der Waals surface area contributed by atoms with Gasteiger partial charge in [-0.1, -0.05) is 42.6 Å². The molecule has 0 fully saturated rings. The predicted octanol–water partition coefficient (Wildman–Crippen LogP) is 2.64. The number of amides is 1. The summed E-state index contributed by atoms with van der Waals surface area (Å²) in [6, 6.07) is 13.9. The van der Waals surface area contributed by atoms with Crippen LogP contribution in [0, 0.1) is 0 Å². The number of hydrogen-bond acceptors (Lipinski definition) is 5. The average molecular weight is 420 g/mol. The molecule has 0 unspecified atom stereocenters. The van der Waals surface area contributed by atoms with Crippen molar-refractivity contribution in [2.45, 2.75) is 31.8 Å². The molecule has 1 N–H and O–H groups in total. The van der Waals surface area contributed by atoms with Crippen LogP contribution >= 0.6 is 0 Å². The van der Waals surface area contributed by atoms with E-state index in [4.69, 9.17) is 4.84 Å². The van der Waals surface area contributed by atoms with Crippen molar-refractivity contribution in [3.8, 4) is 0 Å². The first kappa shape index (κ1) is 23.0. The minimum Gasteiger partial charge on any atom is -0.348 e. The number of nitrogens with zero attached hydrogens (tertiary/aromatic N) is 2. The normalized spacial score (nSPS) is 11.8. The van der Waals surface area contributed by atoms with Gasteiger partial charge in [-0.2, -0.15) is 0 Å². The second-order valence-electron chi connectivity index (χ2n) is 6.58. The summed E-state index contributed by atoms with van der Waals surface area (Å²) in [6.45, 7) is 7.62. The Bertz CT molecular complexity index is 893. The molecule has 0 radical (unpaired) electrons. The molecule has 2 rings (SSSR count). The van der Waals surface area contributed by atoms with Gasteiger partial charge < -0.3 is 5.32 Å². The van der Waals surface area contributed by atoms with Crippen LogP contribution in [0.1, 0.15) is 35.3 Å². The molecular formula is C21H29N3O4S. The quantitative estimate of drug-likeness (QED) is 0.599. The van der Waals surface area contributed by atoms with Crippen LogP contribution in [0.3, 0.4) is 0 Å². The van der Waals surface area contributed by atoms with Crippen LogP contribution < -0.4 is 5.32 Å². The topological polar surface area (TPSA) is 79.0 Å². The van der Waals surface area contributed by atoms with E-state index < -0.39 is 10.0 Å². The number of carbonyl (C=O) groups excluding carboxylic acids is 1. The van der Waals surface area contributed by atoms with E-state index in [1.54, 1.807) is 0 Å². The maximum atomic E-state index is 12.4. The molecule has 0 aromatic heterocycles. The molecule has 0 spiro atoms. The Labute approximate surface area is 173 Å². The van der Waals surface area contributed by atoms with Crippen LogP contribution in [0.2, 0.25) is 0 Å². The van der Waals surface area contributed by atoms with Gasteiger partial charge in [-0.3, -0.25) is 14.5 Å². The summed E-state index contributed by atoms with van der Waals surface area (Å²) >= 11 is 0. The third-order valence-corrected chi connectivity index (χ3v) is 6.48. The molecule has 0 atom stereocenters. The number of hydroxylamine groups is 1. The van der Waals surface area contributed by atoms with Crippen molar-refractivity contribution >= 4 is 15.9 Å². The minimum absolute atomic E-state index is 0.0576. The average Bonchev–Trinajstić information content (AvgIpc) is 2.76. The molecule has 29 heavy (non-hydrogen) atoms. The fourth-order valence-corrected chi connectivity index (χ4v) is 3.75. The van der Waals surface area contributed by atoms with E-state index >= 15 is 0 Å².